The van der Waals surface area contributed by atoms with E-state index in [9.17, 15) is 4.79 Å². The van der Waals surface area contributed by atoms with E-state index in [0.29, 0.717) is 18.4 Å². The second kappa shape index (κ2) is 3.23. The molecule has 3 N–H and O–H groups in total. The molecule has 14 heavy (non-hydrogen) atoms. The van der Waals surface area contributed by atoms with Crippen molar-refractivity contribution in [3.05, 3.63) is 0 Å². The first kappa shape index (κ1) is 9.97. The van der Waals surface area contributed by atoms with Crippen LogP contribution in [0.4, 0.5) is 0 Å². The molecule has 2 rings (SSSR count). The number of fused-ring (bicyclic) bond motifs is 2. The number of rotatable bonds is 2. The van der Waals surface area contributed by atoms with Crippen molar-refractivity contribution >= 4 is 5.97 Å². The molecule has 0 amide bonds. The molecule has 0 heterocycles. The van der Waals surface area contributed by atoms with Crippen LogP contribution in [0.2, 0.25) is 0 Å². The van der Waals surface area contributed by atoms with Crippen molar-refractivity contribution in [2.45, 2.75) is 38.6 Å². The molecule has 3 nitrogen and oxygen atoms in total. The van der Waals surface area contributed by atoms with Crippen molar-refractivity contribution < 1.29 is 15.3 Å². The predicted octanol–water partition coefficient (Wildman–Crippen LogP) is 0.596. The Morgan fingerprint density at radius 1 is 1.57 bits per heavy atom. The maximum absolute atomic E-state index is 11.8. The summed E-state index contributed by atoms with van der Waals surface area (Å²) in [6.45, 7) is 4.48. The van der Waals surface area contributed by atoms with Gasteiger partial charge in [-0.25, -0.2) is 0 Å². The lowest BCUT2D eigenvalue weighted by Gasteiger charge is -2.32. The largest absolute Gasteiger partial charge is 0.466 e. The monoisotopic (exact) mass is 198 g/mol. The Kier molecular flexibility index (Phi) is 2.30. The standard InChI is InChI=1S/C11H19NO2/c1-3-14-10(13)9-7-4-5-8(6-7)11(9,2)12/h7-9H,3-6,12H2,1-2H3/p+1. The highest BCUT2D eigenvalue weighted by atomic mass is 16.5. The van der Waals surface area contributed by atoms with Crippen molar-refractivity contribution in [3.63, 3.8) is 0 Å². The summed E-state index contributed by atoms with van der Waals surface area (Å²) in [5, 5.41) is 0. The van der Waals surface area contributed by atoms with Crippen LogP contribution in [0, 0.1) is 17.8 Å². The van der Waals surface area contributed by atoms with Crippen molar-refractivity contribution in [2.24, 2.45) is 17.8 Å². The Balaban J connectivity index is 2.15. The van der Waals surface area contributed by atoms with E-state index in [4.69, 9.17) is 4.74 Å². The van der Waals surface area contributed by atoms with E-state index < -0.39 is 0 Å². The fourth-order valence-electron chi connectivity index (χ4n) is 3.40. The second-order valence-electron chi connectivity index (χ2n) is 5.01. The van der Waals surface area contributed by atoms with Gasteiger partial charge in [0.1, 0.15) is 11.5 Å². The number of carbonyl (C=O) groups excluding carboxylic acids is 1. The second-order valence-corrected chi connectivity index (χ2v) is 5.01. The summed E-state index contributed by atoms with van der Waals surface area (Å²) in [7, 11) is 0. The van der Waals surface area contributed by atoms with Gasteiger partial charge in [-0.2, -0.15) is 0 Å². The Morgan fingerprint density at radius 2 is 2.29 bits per heavy atom. The molecule has 4 unspecified atom stereocenters. The van der Waals surface area contributed by atoms with Crippen LogP contribution in [0.1, 0.15) is 33.1 Å². The van der Waals surface area contributed by atoms with E-state index in [2.05, 4.69) is 12.7 Å². The fraction of sp³-hybridized carbons (Fsp3) is 0.909. The first-order valence-electron chi connectivity index (χ1n) is 5.59. The van der Waals surface area contributed by atoms with Crippen LogP contribution in [-0.4, -0.2) is 18.1 Å². The molecule has 2 aliphatic carbocycles. The van der Waals surface area contributed by atoms with Gasteiger partial charge in [-0.05, 0) is 39.0 Å². The maximum atomic E-state index is 11.8. The molecule has 0 aromatic rings. The van der Waals surface area contributed by atoms with Crippen molar-refractivity contribution in [2.75, 3.05) is 6.61 Å². The Hall–Kier alpha value is -0.570. The third kappa shape index (κ3) is 1.26. The lowest BCUT2D eigenvalue weighted by molar-refractivity contribution is -0.494. The quantitative estimate of drug-likeness (QED) is 0.660. The summed E-state index contributed by atoms with van der Waals surface area (Å²) in [4.78, 5) is 11.8. The lowest BCUT2D eigenvalue weighted by Crippen LogP contribution is -2.77. The van der Waals surface area contributed by atoms with Gasteiger partial charge in [0.05, 0.1) is 6.61 Å². The van der Waals surface area contributed by atoms with Gasteiger partial charge in [0.2, 0.25) is 0 Å². The van der Waals surface area contributed by atoms with Crippen molar-refractivity contribution in [1.82, 2.24) is 0 Å². The van der Waals surface area contributed by atoms with Crippen LogP contribution in [0.5, 0.6) is 0 Å². The summed E-state index contributed by atoms with van der Waals surface area (Å²) in [5.41, 5.74) is 4.16. The maximum Gasteiger partial charge on any atom is 0.315 e. The van der Waals surface area contributed by atoms with E-state index in [-0.39, 0.29) is 17.4 Å². The molecule has 2 fully saturated rings. The SMILES string of the molecule is CCOC(=O)C1C2CCC(C2)C1(C)[NH3+]. The molecule has 0 spiro atoms. The molecule has 80 valence electrons. The zero-order chi connectivity index (χ0) is 10.3. The van der Waals surface area contributed by atoms with E-state index in [0.717, 1.165) is 0 Å². The van der Waals surface area contributed by atoms with E-state index in [1.807, 2.05) is 6.92 Å². The number of esters is 1. The molecular formula is C11H20NO2+. The van der Waals surface area contributed by atoms with Gasteiger partial charge < -0.3 is 10.5 Å². The van der Waals surface area contributed by atoms with E-state index >= 15 is 0 Å². The average molecular weight is 198 g/mol. The topological polar surface area (TPSA) is 53.9 Å². The highest BCUT2D eigenvalue weighted by molar-refractivity contribution is 5.75. The minimum absolute atomic E-state index is 0.0165. The van der Waals surface area contributed by atoms with Crippen LogP contribution in [-0.2, 0) is 9.53 Å². The molecule has 0 aliphatic heterocycles. The molecule has 0 radical (unpaired) electrons. The smallest absolute Gasteiger partial charge is 0.315 e. The summed E-state index contributed by atoms with van der Waals surface area (Å²) < 4.78 is 5.14. The van der Waals surface area contributed by atoms with Crippen LogP contribution < -0.4 is 5.73 Å². The Labute approximate surface area is 85.0 Å². The van der Waals surface area contributed by atoms with Gasteiger partial charge in [-0.1, -0.05) is 0 Å². The predicted molar refractivity (Wildman–Crippen MR) is 52.2 cm³/mol. The normalized spacial score (nSPS) is 45.5. The minimum Gasteiger partial charge on any atom is -0.466 e. The zero-order valence-corrected chi connectivity index (χ0v) is 9.08. The molecule has 0 saturated heterocycles. The first-order valence-corrected chi connectivity index (χ1v) is 5.59. The summed E-state index contributed by atoms with van der Waals surface area (Å²) in [6.07, 6.45) is 3.63. The van der Waals surface area contributed by atoms with Gasteiger partial charge in [0.15, 0.2) is 0 Å². The van der Waals surface area contributed by atoms with Gasteiger partial charge in [0.25, 0.3) is 0 Å². The molecule has 3 heteroatoms. The number of carbonyl (C=O) groups is 1. The van der Waals surface area contributed by atoms with E-state index in [1.54, 1.807) is 0 Å². The average Bonchev–Trinajstić information content (AvgIpc) is 2.61. The Bertz CT molecular complexity index is 250. The number of quaternary nitrogens is 1. The van der Waals surface area contributed by atoms with Crippen LogP contribution >= 0.6 is 0 Å². The third-order valence-electron chi connectivity index (χ3n) is 4.13. The molecular weight excluding hydrogens is 178 g/mol. The molecule has 4 atom stereocenters. The van der Waals surface area contributed by atoms with Gasteiger partial charge in [0, 0.05) is 5.92 Å². The Morgan fingerprint density at radius 3 is 2.79 bits per heavy atom. The minimum atomic E-state index is -0.0742. The molecule has 0 aromatic carbocycles. The number of ether oxygens (including phenoxy) is 1. The summed E-state index contributed by atoms with van der Waals surface area (Å²) in [5.74, 6) is 1.22. The van der Waals surface area contributed by atoms with Crippen molar-refractivity contribution in [3.8, 4) is 0 Å². The van der Waals surface area contributed by atoms with Crippen LogP contribution in [0.3, 0.4) is 0 Å². The van der Waals surface area contributed by atoms with Gasteiger partial charge >= 0.3 is 5.97 Å². The van der Waals surface area contributed by atoms with Crippen molar-refractivity contribution in [1.29, 1.82) is 0 Å². The lowest BCUT2D eigenvalue weighted by atomic mass is 9.75. The van der Waals surface area contributed by atoms with Crippen LogP contribution in [0.25, 0.3) is 0 Å². The summed E-state index contributed by atoms with van der Waals surface area (Å²) >= 11 is 0. The fourth-order valence-corrected chi connectivity index (χ4v) is 3.40. The highest BCUT2D eigenvalue weighted by Gasteiger charge is 2.60. The number of hydrogen-bond donors (Lipinski definition) is 1. The third-order valence-corrected chi connectivity index (χ3v) is 4.13. The van der Waals surface area contributed by atoms with Crippen LogP contribution in [0.15, 0.2) is 0 Å². The molecule has 2 bridgehead atoms. The zero-order valence-electron chi connectivity index (χ0n) is 9.08. The summed E-state index contributed by atoms with van der Waals surface area (Å²) in [6, 6.07) is 0. The first-order chi connectivity index (χ1) is 6.57. The number of hydrogen-bond acceptors (Lipinski definition) is 2. The highest BCUT2D eigenvalue weighted by Crippen LogP contribution is 2.52. The van der Waals surface area contributed by atoms with Gasteiger partial charge in [-0.15, -0.1) is 0 Å². The van der Waals surface area contributed by atoms with Gasteiger partial charge in [-0.3, -0.25) is 4.79 Å². The molecule has 2 saturated carbocycles. The van der Waals surface area contributed by atoms with E-state index in [1.165, 1.54) is 19.3 Å². The molecule has 0 aromatic heterocycles. The molecule has 2 aliphatic rings.